The maximum absolute atomic E-state index is 4.67. The Bertz CT molecular complexity index is 1020. The molecule has 6 nitrogen and oxygen atoms in total. The molecule has 0 saturated carbocycles. The zero-order chi connectivity index (χ0) is 18.1. The Morgan fingerprint density at radius 3 is 2.62 bits per heavy atom. The quantitative estimate of drug-likeness (QED) is 0.598. The Kier molecular flexibility index (Phi) is 4.16. The number of fused-ring (bicyclic) bond motifs is 1. The second kappa shape index (κ2) is 6.63. The lowest BCUT2D eigenvalue weighted by atomic mass is 10.1. The van der Waals surface area contributed by atoms with Crippen LogP contribution in [0, 0.1) is 20.8 Å². The maximum Gasteiger partial charge on any atom is 0.160 e. The molecule has 0 bridgehead atoms. The third-order valence-electron chi connectivity index (χ3n) is 4.64. The van der Waals surface area contributed by atoms with E-state index >= 15 is 0 Å². The van der Waals surface area contributed by atoms with Gasteiger partial charge in [0.05, 0.1) is 18.3 Å². The van der Waals surface area contributed by atoms with Crippen LogP contribution in [0.5, 0.6) is 0 Å². The largest absolute Gasteiger partial charge is 0.361 e. The Morgan fingerprint density at radius 2 is 1.88 bits per heavy atom. The summed E-state index contributed by atoms with van der Waals surface area (Å²) in [5.41, 5.74) is 5.17. The van der Waals surface area contributed by atoms with Gasteiger partial charge in [-0.05, 0) is 32.4 Å². The van der Waals surface area contributed by atoms with E-state index in [9.17, 15) is 0 Å². The summed E-state index contributed by atoms with van der Waals surface area (Å²) in [7, 11) is 0. The van der Waals surface area contributed by atoms with Crippen LogP contribution in [-0.2, 0) is 6.54 Å². The fourth-order valence-electron chi connectivity index (χ4n) is 3.15. The number of hydrogen-bond donors (Lipinski definition) is 1. The second-order valence-electron chi connectivity index (χ2n) is 6.56. The van der Waals surface area contributed by atoms with Crippen LogP contribution in [0.3, 0.4) is 0 Å². The molecule has 0 aliphatic carbocycles. The predicted octanol–water partition coefficient (Wildman–Crippen LogP) is 3.70. The molecule has 0 aliphatic rings. The van der Waals surface area contributed by atoms with Crippen LogP contribution < -0.4 is 5.32 Å². The fraction of sp³-hybridized carbons (Fsp3) is 0.250. The minimum Gasteiger partial charge on any atom is -0.361 e. The van der Waals surface area contributed by atoms with Gasteiger partial charge in [0.15, 0.2) is 5.65 Å². The van der Waals surface area contributed by atoms with E-state index in [1.54, 1.807) is 6.20 Å². The van der Waals surface area contributed by atoms with E-state index in [0.29, 0.717) is 0 Å². The van der Waals surface area contributed by atoms with Crippen LogP contribution in [0.2, 0.25) is 0 Å². The zero-order valence-electron chi connectivity index (χ0n) is 15.2. The lowest BCUT2D eigenvalue weighted by Crippen LogP contribution is -2.20. The molecule has 6 heteroatoms. The summed E-state index contributed by atoms with van der Waals surface area (Å²) >= 11 is 0. The van der Waals surface area contributed by atoms with Crippen LogP contribution in [0.4, 0.5) is 5.82 Å². The van der Waals surface area contributed by atoms with Crippen molar-refractivity contribution in [3.8, 4) is 0 Å². The monoisotopic (exact) mass is 346 g/mol. The SMILES string of the molecule is Cc1cc(N[C@@H](Cn2cccn2)c2ccccc2)n2nc(C)c(C)c2n1. The highest BCUT2D eigenvalue weighted by Crippen LogP contribution is 2.24. The molecule has 0 amide bonds. The molecule has 0 saturated heterocycles. The first kappa shape index (κ1) is 16.3. The molecule has 1 N–H and O–H groups in total. The number of aryl methyl sites for hydroxylation is 3. The molecule has 4 rings (SSSR count). The Morgan fingerprint density at radius 1 is 1.08 bits per heavy atom. The molecule has 0 radical (unpaired) electrons. The standard InChI is InChI=1S/C20H22N6/c1-14-12-19(26-20(22-14)15(2)16(3)24-26)23-18(13-25-11-7-10-21-25)17-8-5-4-6-9-17/h4-12,18,23H,13H2,1-3H3/t18-/m0/s1. The van der Waals surface area contributed by atoms with Crippen molar-refractivity contribution in [2.75, 3.05) is 5.32 Å². The van der Waals surface area contributed by atoms with Gasteiger partial charge in [0.2, 0.25) is 0 Å². The first-order chi connectivity index (χ1) is 12.6. The zero-order valence-corrected chi connectivity index (χ0v) is 15.2. The molecule has 0 aliphatic heterocycles. The number of nitrogens with zero attached hydrogens (tertiary/aromatic N) is 5. The summed E-state index contributed by atoms with van der Waals surface area (Å²) in [6, 6.07) is 14.5. The lowest BCUT2D eigenvalue weighted by Gasteiger charge is -2.21. The predicted molar refractivity (Wildman–Crippen MR) is 102 cm³/mol. The van der Waals surface area contributed by atoms with Gasteiger partial charge in [0, 0.05) is 29.7 Å². The normalized spacial score (nSPS) is 12.4. The van der Waals surface area contributed by atoms with Crippen molar-refractivity contribution in [3.05, 3.63) is 77.4 Å². The number of anilines is 1. The molecular formula is C20H22N6. The molecule has 0 fully saturated rings. The van der Waals surface area contributed by atoms with Gasteiger partial charge in [0.1, 0.15) is 5.82 Å². The summed E-state index contributed by atoms with van der Waals surface area (Å²) in [5, 5.41) is 12.7. The molecule has 0 unspecified atom stereocenters. The summed E-state index contributed by atoms with van der Waals surface area (Å²) in [6.07, 6.45) is 3.78. The van der Waals surface area contributed by atoms with Crippen molar-refractivity contribution in [1.29, 1.82) is 0 Å². The van der Waals surface area contributed by atoms with Crippen molar-refractivity contribution in [2.24, 2.45) is 0 Å². The molecule has 3 aromatic heterocycles. The van der Waals surface area contributed by atoms with Crippen molar-refractivity contribution in [3.63, 3.8) is 0 Å². The lowest BCUT2D eigenvalue weighted by molar-refractivity contribution is 0.548. The molecule has 1 atom stereocenters. The van der Waals surface area contributed by atoms with Gasteiger partial charge in [-0.3, -0.25) is 4.68 Å². The van der Waals surface area contributed by atoms with E-state index in [1.807, 2.05) is 47.4 Å². The van der Waals surface area contributed by atoms with Gasteiger partial charge >= 0.3 is 0 Å². The number of aromatic nitrogens is 5. The fourth-order valence-corrected chi connectivity index (χ4v) is 3.15. The van der Waals surface area contributed by atoms with E-state index < -0.39 is 0 Å². The number of nitrogens with one attached hydrogen (secondary N) is 1. The Balaban J connectivity index is 1.76. The third kappa shape index (κ3) is 3.06. The van der Waals surface area contributed by atoms with E-state index in [2.05, 4.69) is 51.7 Å². The average molecular weight is 346 g/mol. The minimum atomic E-state index is 0.0610. The third-order valence-corrected chi connectivity index (χ3v) is 4.64. The molecule has 132 valence electrons. The first-order valence-electron chi connectivity index (χ1n) is 8.74. The average Bonchev–Trinajstić information content (AvgIpc) is 3.25. The molecule has 1 aromatic carbocycles. The first-order valence-corrected chi connectivity index (χ1v) is 8.74. The molecule has 3 heterocycles. The van der Waals surface area contributed by atoms with Gasteiger partial charge < -0.3 is 5.32 Å². The molecule has 4 aromatic rings. The van der Waals surface area contributed by atoms with Gasteiger partial charge in [-0.15, -0.1) is 0 Å². The van der Waals surface area contributed by atoms with Crippen LogP contribution >= 0.6 is 0 Å². The van der Waals surface area contributed by atoms with Crippen LogP contribution in [0.25, 0.3) is 5.65 Å². The van der Waals surface area contributed by atoms with E-state index in [4.69, 9.17) is 0 Å². The molecular weight excluding hydrogens is 324 g/mol. The highest BCUT2D eigenvalue weighted by atomic mass is 15.3. The van der Waals surface area contributed by atoms with Crippen molar-refractivity contribution in [2.45, 2.75) is 33.4 Å². The summed E-state index contributed by atoms with van der Waals surface area (Å²) in [4.78, 5) is 4.66. The van der Waals surface area contributed by atoms with Crippen molar-refractivity contribution >= 4 is 11.5 Å². The van der Waals surface area contributed by atoms with E-state index in [1.165, 1.54) is 5.56 Å². The Hall–Kier alpha value is -3.15. The van der Waals surface area contributed by atoms with Crippen LogP contribution in [-0.4, -0.2) is 24.4 Å². The topological polar surface area (TPSA) is 60.0 Å². The molecule has 26 heavy (non-hydrogen) atoms. The smallest absolute Gasteiger partial charge is 0.160 e. The number of rotatable bonds is 5. The van der Waals surface area contributed by atoms with E-state index in [0.717, 1.165) is 35.0 Å². The van der Waals surface area contributed by atoms with E-state index in [-0.39, 0.29) is 6.04 Å². The maximum atomic E-state index is 4.67. The number of benzene rings is 1. The van der Waals surface area contributed by atoms with Crippen molar-refractivity contribution in [1.82, 2.24) is 24.4 Å². The minimum absolute atomic E-state index is 0.0610. The Labute approximate surface area is 152 Å². The van der Waals surface area contributed by atoms with Gasteiger partial charge in [-0.25, -0.2) is 4.98 Å². The molecule has 0 spiro atoms. The van der Waals surface area contributed by atoms with Gasteiger partial charge in [0.25, 0.3) is 0 Å². The summed E-state index contributed by atoms with van der Waals surface area (Å²) < 4.78 is 3.84. The van der Waals surface area contributed by atoms with Crippen molar-refractivity contribution < 1.29 is 0 Å². The second-order valence-corrected chi connectivity index (χ2v) is 6.56. The summed E-state index contributed by atoms with van der Waals surface area (Å²) in [6.45, 7) is 6.81. The highest BCUT2D eigenvalue weighted by Gasteiger charge is 2.17. The number of hydrogen-bond acceptors (Lipinski definition) is 4. The summed E-state index contributed by atoms with van der Waals surface area (Å²) in [5.74, 6) is 0.935. The van der Waals surface area contributed by atoms with Crippen LogP contribution in [0.1, 0.15) is 28.6 Å². The highest BCUT2D eigenvalue weighted by molar-refractivity contribution is 5.56. The van der Waals surface area contributed by atoms with Gasteiger partial charge in [-0.1, -0.05) is 30.3 Å². The van der Waals surface area contributed by atoms with Crippen LogP contribution in [0.15, 0.2) is 54.9 Å². The van der Waals surface area contributed by atoms with Gasteiger partial charge in [-0.2, -0.15) is 14.7 Å².